The molecule has 6 nitrogen and oxygen atoms in total. The number of nitrogens with zero attached hydrogens (tertiary/aromatic N) is 2. The molecule has 29 heavy (non-hydrogen) atoms. The van der Waals surface area contributed by atoms with E-state index in [0.717, 1.165) is 29.7 Å². The molecule has 1 aliphatic rings. The van der Waals surface area contributed by atoms with Gasteiger partial charge in [0.05, 0.1) is 6.61 Å². The van der Waals surface area contributed by atoms with Gasteiger partial charge in [-0.1, -0.05) is 18.2 Å². The van der Waals surface area contributed by atoms with Gasteiger partial charge in [0.2, 0.25) is 5.91 Å². The summed E-state index contributed by atoms with van der Waals surface area (Å²) in [6, 6.07) is 9.59. The number of pyridine rings is 1. The predicted molar refractivity (Wildman–Crippen MR) is 112 cm³/mol. The van der Waals surface area contributed by atoms with Crippen LogP contribution in [0.1, 0.15) is 47.2 Å². The fraction of sp³-hybridized carbons (Fsp3) is 0.435. The maximum atomic E-state index is 12.5. The Bertz CT molecular complexity index is 810. The zero-order chi connectivity index (χ0) is 20.6. The van der Waals surface area contributed by atoms with Crippen molar-refractivity contribution in [2.24, 2.45) is 0 Å². The standard InChI is InChI=1S/C23H29N3O3/c1-17-5-3-6-18(2)22(17)29-16-4-7-21(27)26-14-10-20(11-15-26)25-23(28)19-8-12-24-13-9-19/h3,5-6,8-9,12-13,20H,4,7,10-11,14-16H2,1-2H3,(H,25,28). The Hall–Kier alpha value is -2.89. The number of amides is 2. The van der Waals surface area contributed by atoms with Gasteiger partial charge >= 0.3 is 0 Å². The van der Waals surface area contributed by atoms with Gasteiger partial charge in [0.15, 0.2) is 0 Å². The lowest BCUT2D eigenvalue weighted by Gasteiger charge is -2.32. The first-order chi connectivity index (χ1) is 14.0. The van der Waals surface area contributed by atoms with Crippen LogP contribution in [0.25, 0.3) is 0 Å². The molecule has 2 aromatic rings. The number of carbonyl (C=O) groups excluding carboxylic acids is 2. The Morgan fingerprint density at radius 1 is 1.10 bits per heavy atom. The number of carbonyl (C=O) groups is 2. The van der Waals surface area contributed by atoms with Crippen molar-refractivity contribution in [1.29, 1.82) is 0 Å². The molecule has 0 unspecified atom stereocenters. The highest BCUT2D eigenvalue weighted by Crippen LogP contribution is 2.22. The second kappa shape index (κ2) is 10.0. The predicted octanol–water partition coefficient (Wildman–Crippen LogP) is 3.28. The number of hydrogen-bond donors (Lipinski definition) is 1. The van der Waals surface area contributed by atoms with Gasteiger partial charge in [0.1, 0.15) is 5.75 Å². The van der Waals surface area contributed by atoms with Gasteiger partial charge in [-0.3, -0.25) is 14.6 Å². The Morgan fingerprint density at radius 3 is 2.41 bits per heavy atom. The van der Waals surface area contributed by atoms with Gasteiger partial charge in [0.25, 0.3) is 5.91 Å². The van der Waals surface area contributed by atoms with E-state index in [1.165, 1.54) is 0 Å². The third-order valence-electron chi connectivity index (χ3n) is 5.32. The van der Waals surface area contributed by atoms with Crippen LogP contribution in [0.15, 0.2) is 42.7 Å². The summed E-state index contributed by atoms with van der Waals surface area (Å²) in [5, 5.41) is 3.05. The van der Waals surface area contributed by atoms with Gasteiger partial charge in [-0.05, 0) is 56.4 Å². The average Bonchev–Trinajstić information content (AvgIpc) is 2.74. The minimum Gasteiger partial charge on any atom is -0.493 e. The van der Waals surface area contributed by atoms with Crippen LogP contribution in [0.3, 0.4) is 0 Å². The zero-order valence-corrected chi connectivity index (χ0v) is 17.2. The number of ether oxygens (including phenoxy) is 1. The number of likely N-dealkylation sites (tertiary alicyclic amines) is 1. The molecule has 0 aliphatic carbocycles. The zero-order valence-electron chi connectivity index (χ0n) is 17.2. The highest BCUT2D eigenvalue weighted by atomic mass is 16.5. The SMILES string of the molecule is Cc1cccc(C)c1OCCCC(=O)N1CCC(NC(=O)c2ccncc2)CC1. The molecule has 1 saturated heterocycles. The molecule has 0 atom stereocenters. The number of rotatable bonds is 7. The summed E-state index contributed by atoms with van der Waals surface area (Å²) in [7, 11) is 0. The molecule has 0 saturated carbocycles. The lowest BCUT2D eigenvalue weighted by atomic mass is 10.0. The third kappa shape index (κ3) is 5.79. The molecule has 154 valence electrons. The Morgan fingerprint density at radius 2 is 1.76 bits per heavy atom. The molecule has 1 aromatic carbocycles. The van der Waals surface area contributed by atoms with E-state index in [1.807, 2.05) is 36.9 Å². The highest BCUT2D eigenvalue weighted by Gasteiger charge is 2.23. The van der Waals surface area contributed by atoms with E-state index in [9.17, 15) is 9.59 Å². The molecular weight excluding hydrogens is 366 g/mol. The molecule has 2 amide bonds. The van der Waals surface area contributed by atoms with Crippen LogP contribution in [0, 0.1) is 13.8 Å². The van der Waals surface area contributed by atoms with E-state index >= 15 is 0 Å². The summed E-state index contributed by atoms with van der Waals surface area (Å²) in [5.41, 5.74) is 2.85. The van der Waals surface area contributed by atoms with Gasteiger partial charge < -0.3 is 15.0 Å². The molecule has 0 spiro atoms. The molecule has 1 N–H and O–H groups in total. The van der Waals surface area contributed by atoms with Crippen molar-refractivity contribution in [3.63, 3.8) is 0 Å². The first kappa shape index (κ1) is 20.8. The molecule has 1 aromatic heterocycles. The van der Waals surface area contributed by atoms with Crippen molar-refractivity contribution >= 4 is 11.8 Å². The minimum atomic E-state index is -0.0826. The van der Waals surface area contributed by atoms with Crippen LogP contribution < -0.4 is 10.1 Å². The summed E-state index contributed by atoms with van der Waals surface area (Å²) in [5.74, 6) is 1.00. The van der Waals surface area contributed by atoms with Gasteiger partial charge in [0, 0.05) is 43.5 Å². The number of aryl methyl sites for hydroxylation is 2. The summed E-state index contributed by atoms with van der Waals surface area (Å²) in [6.45, 7) is 5.96. The molecule has 6 heteroatoms. The Kier molecular flexibility index (Phi) is 7.22. The highest BCUT2D eigenvalue weighted by molar-refractivity contribution is 5.94. The van der Waals surface area contributed by atoms with Crippen molar-refractivity contribution < 1.29 is 14.3 Å². The normalized spacial score (nSPS) is 14.5. The van der Waals surface area contributed by atoms with E-state index in [2.05, 4.69) is 10.3 Å². The fourth-order valence-electron chi connectivity index (χ4n) is 3.63. The second-order valence-electron chi connectivity index (χ2n) is 7.54. The lowest BCUT2D eigenvalue weighted by molar-refractivity contribution is -0.132. The number of para-hydroxylation sites is 1. The monoisotopic (exact) mass is 395 g/mol. The largest absolute Gasteiger partial charge is 0.493 e. The van der Waals surface area contributed by atoms with Gasteiger partial charge in [-0.25, -0.2) is 0 Å². The smallest absolute Gasteiger partial charge is 0.251 e. The summed E-state index contributed by atoms with van der Waals surface area (Å²) in [6.07, 6.45) is 5.97. The van der Waals surface area contributed by atoms with E-state index in [4.69, 9.17) is 4.74 Å². The lowest BCUT2D eigenvalue weighted by Crippen LogP contribution is -2.46. The van der Waals surface area contributed by atoms with Crippen LogP contribution in [0.5, 0.6) is 5.75 Å². The Balaban J connectivity index is 1.36. The molecular formula is C23H29N3O3. The fourth-order valence-corrected chi connectivity index (χ4v) is 3.63. The summed E-state index contributed by atoms with van der Waals surface area (Å²) >= 11 is 0. The molecule has 0 bridgehead atoms. The topological polar surface area (TPSA) is 71.5 Å². The second-order valence-corrected chi connectivity index (χ2v) is 7.54. The van der Waals surface area contributed by atoms with Crippen LogP contribution in [0.4, 0.5) is 0 Å². The number of hydrogen-bond acceptors (Lipinski definition) is 4. The van der Waals surface area contributed by atoms with E-state index in [-0.39, 0.29) is 17.9 Å². The van der Waals surface area contributed by atoms with Gasteiger partial charge in [-0.15, -0.1) is 0 Å². The summed E-state index contributed by atoms with van der Waals surface area (Å²) < 4.78 is 5.89. The van der Waals surface area contributed by atoms with Crippen molar-refractivity contribution in [3.05, 3.63) is 59.4 Å². The Labute approximate surface area is 172 Å². The molecule has 1 fully saturated rings. The molecule has 0 radical (unpaired) electrons. The molecule has 3 rings (SSSR count). The number of benzene rings is 1. The summed E-state index contributed by atoms with van der Waals surface area (Å²) in [4.78, 5) is 30.5. The number of nitrogens with one attached hydrogen (secondary N) is 1. The van der Waals surface area contributed by atoms with Crippen molar-refractivity contribution in [1.82, 2.24) is 15.2 Å². The molecule has 2 heterocycles. The van der Waals surface area contributed by atoms with Crippen molar-refractivity contribution in [2.45, 2.75) is 45.6 Å². The maximum Gasteiger partial charge on any atom is 0.251 e. The van der Waals surface area contributed by atoms with Crippen molar-refractivity contribution in [2.75, 3.05) is 19.7 Å². The first-order valence-electron chi connectivity index (χ1n) is 10.2. The quantitative estimate of drug-likeness (QED) is 0.731. The van der Waals surface area contributed by atoms with E-state index in [1.54, 1.807) is 24.5 Å². The van der Waals surface area contributed by atoms with E-state index in [0.29, 0.717) is 38.1 Å². The average molecular weight is 396 g/mol. The van der Waals surface area contributed by atoms with Crippen molar-refractivity contribution in [3.8, 4) is 5.75 Å². The van der Waals surface area contributed by atoms with E-state index < -0.39 is 0 Å². The molecule has 1 aliphatic heterocycles. The third-order valence-corrected chi connectivity index (χ3v) is 5.32. The first-order valence-corrected chi connectivity index (χ1v) is 10.2. The number of aromatic nitrogens is 1. The van der Waals surface area contributed by atoms with Crippen LogP contribution in [-0.4, -0.2) is 47.4 Å². The minimum absolute atomic E-state index is 0.0826. The maximum absolute atomic E-state index is 12.5. The number of piperidine rings is 1. The van der Waals surface area contributed by atoms with Crippen LogP contribution in [-0.2, 0) is 4.79 Å². The van der Waals surface area contributed by atoms with Crippen LogP contribution in [0.2, 0.25) is 0 Å². The van der Waals surface area contributed by atoms with Gasteiger partial charge in [-0.2, -0.15) is 0 Å². The van der Waals surface area contributed by atoms with Crippen LogP contribution >= 0.6 is 0 Å².